The highest BCUT2D eigenvalue weighted by molar-refractivity contribution is 9.10. The number of methoxy groups -OCH3 is 1. The second kappa shape index (κ2) is 12.9. The largest absolute Gasteiger partial charge is 0.493 e. The first-order valence-electron chi connectivity index (χ1n) is 12.8. The van der Waals surface area contributed by atoms with Crippen LogP contribution in [0.15, 0.2) is 99.3 Å². The topological polar surface area (TPSA) is 94.8 Å². The summed E-state index contributed by atoms with van der Waals surface area (Å²) in [7, 11) is 1.41. The Hall–Kier alpha value is -4.68. The molecule has 0 aliphatic heterocycles. The van der Waals surface area contributed by atoms with Crippen molar-refractivity contribution in [1.29, 1.82) is 0 Å². The van der Waals surface area contributed by atoms with Gasteiger partial charge in [-0.25, -0.2) is 4.98 Å². The van der Waals surface area contributed by atoms with E-state index in [1.54, 1.807) is 60.7 Å². The molecule has 4 aromatic carbocycles. The van der Waals surface area contributed by atoms with Crippen LogP contribution in [0, 0.1) is 0 Å². The van der Waals surface area contributed by atoms with E-state index in [1.807, 2.05) is 0 Å². The van der Waals surface area contributed by atoms with E-state index in [0.29, 0.717) is 26.3 Å². The number of hydrogen-bond donors (Lipinski definition) is 1. The van der Waals surface area contributed by atoms with Crippen LogP contribution in [0.3, 0.4) is 0 Å². The van der Waals surface area contributed by atoms with Crippen molar-refractivity contribution in [2.75, 3.05) is 19.0 Å². The molecule has 1 aromatic heterocycles. The Morgan fingerprint density at radius 3 is 2.55 bits per heavy atom. The Morgan fingerprint density at radius 2 is 1.82 bits per heavy atom. The average molecular weight is 686 g/mol. The second-order valence-corrected chi connectivity index (χ2v) is 10.6. The van der Waals surface area contributed by atoms with Gasteiger partial charge < -0.3 is 14.8 Å². The number of anilines is 1. The normalized spacial score (nSPS) is 11.6. The van der Waals surface area contributed by atoms with Gasteiger partial charge in [0.2, 0.25) is 0 Å². The zero-order chi connectivity index (χ0) is 31.4. The van der Waals surface area contributed by atoms with E-state index in [9.17, 15) is 22.8 Å². The molecule has 44 heavy (non-hydrogen) atoms. The SMILES string of the molecule is COc1cc(C=Nn2c(-c3cccc(C(F)(F)F)c3)nc3ccccc3c2=O)cc(Br)c1OCC(=O)Nc1ccc(Cl)cc1. The van der Waals surface area contributed by atoms with Gasteiger partial charge in [0.05, 0.1) is 34.3 Å². The third-order valence-electron chi connectivity index (χ3n) is 6.25. The van der Waals surface area contributed by atoms with E-state index in [-0.39, 0.29) is 34.9 Å². The molecule has 0 aliphatic carbocycles. The smallest absolute Gasteiger partial charge is 0.416 e. The summed E-state index contributed by atoms with van der Waals surface area (Å²) in [5, 5.41) is 7.77. The first kappa shape index (κ1) is 30.8. The van der Waals surface area contributed by atoms with Crippen LogP contribution in [0.1, 0.15) is 11.1 Å². The molecule has 1 N–H and O–H groups in total. The minimum absolute atomic E-state index is 0.0548. The third-order valence-corrected chi connectivity index (χ3v) is 7.09. The molecular weight excluding hydrogens is 665 g/mol. The van der Waals surface area contributed by atoms with Crippen LogP contribution in [0.4, 0.5) is 18.9 Å². The molecule has 5 rings (SSSR count). The lowest BCUT2D eigenvalue weighted by atomic mass is 10.1. The van der Waals surface area contributed by atoms with Crippen molar-refractivity contribution in [3.05, 3.63) is 116 Å². The zero-order valence-electron chi connectivity index (χ0n) is 22.7. The summed E-state index contributed by atoms with van der Waals surface area (Å²) in [5.74, 6) is -0.00162. The fraction of sp³-hybridized carbons (Fsp3) is 0.0968. The summed E-state index contributed by atoms with van der Waals surface area (Å²) in [6.45, 7) is -0.330. The van der Waals surface area contributed by atoms with Crippen molar-refractivity contribution in [1.82, 2.24) is 9.66 Å². The summed E-state index contributed by atoms with van der Waals surface area (Å²) in [6.07, 6.45) is -3.26. The maximum Gasteiger partial charge on any atom is 0.416 e. The number of alkyl halides is 3. The minimum Gasteiger partial charge on any atom is -0.493 e. The standard InChI is InChI=1S/C31H21BrClF3N4O4/c1-43-26-14-18(13-24(32)28(26)44-17-27(41)38-22-11-9-21(33)10-12-22)16-37-40-29(19-5-4-6-20(15-19)31(34,35)36)39-25-8-3-2-7-23(25)30(40)42/h2-16H,17H2,1H3,(H,38,41). The predicted octanol–water partition coefficient (Wildman–Crippen LogP) is 7.41. The summed E-state index contributed by atoms with van der Waals surface area (Å²) in [5.41, 5.74) is -0.108. The lowest BCUT2D eigenvalue weighted by Gasteiger charge is -2.14. The summed E-state index contributed by atoms with van der Waals surface area (Å²) < 4.78 is 52.9. The van der Waals surface area contributed by atoms with E-state index >= 15 is 0 Å². The maximum absolute atomic E-state index is 13.5. The molecule has 8 nitrogen and oxygen atoms in total. The van der Waals surface area contributed by atoms with Crippen LogP contribution in [-0.2, 0) is 11.0 Å². The van der Waals surface area contributed by atoms with Crippen molar-refractivity contribution < 1.29 is 27.4 Å². The molecule has 13 heteroatoms. The molecule has 1 heterocycles. The van der Waals surface area contributed by atoms with Gasteiger partial charge in [-0.1, -0.05) is 35.9 Å². The molecule has 224 valence electrons. The number of carbonyl (C=O) groups excluding carboxylic acids is 1. The van der Waals surface area contributed by atoms with E-state index < -0.39 is 23.2 Å². The molecule has 0 saturated carbocycles. The van der Waals surface area contributed by atoms with Gasteiger partial charge in [-0.3, -0.25) is 9.59 Å². The molecule has 0 bridgehead atoms. The van der Waals surface area contributed by atoms with Crippen LogP contribution in [0.25, 0.3) is 22.3 Å². The van der Waals surface area contributed by atoms with Gasteiger partial charge in [0.1, 0.15) is 0 Å². The van der Waals surface area contributed by atoms with Crippen LogP contribution < -0.4 is 20.3 Å². The number of rotatable bonds is 8. The number of aromatic nitrogens is 2. The van der Waals surface area contributed by atoms with Crippen LogP contribution in [0.5, 0.6) is 11.5 Å². The molecule has 0 atom stereocenters. The highest BCUT2D eigenvalue weighted by Crippen LogP contribution is 2.36. The van der Waals surface area contributed by atoms with E-state index in [2.05, 4.69) is 31.3 Å². The number of ether oxygens (including phenoxy) is 2. The number of hydrogen-bond acceptors (Lipinski definition) is 6. The monoisotopic (exact) mass is 684 g/mol. The first-order valence-corrected chi connectivity index (χ1v) is 14.0. The van der Waals surface area contributed by atoms with Gasteiger partial charge in [0, 0.05) is 16.3 Å². The molecular formula is C31H21BrClF3N4O4. The first-order chi connectivity index (χ1) is 21.0. The number of benzene rings is 4. The van der Waals surface area contributed by atoms with Crippen LogP contribution >= 0.6 is 27.5 Å². The lowest BCUT2D eigenvalue weighted by Crippen LogP contribution is -2.21. The molecule has 0 saturated heterocycles. The van der Waals surface area contributed by atoms with Gasteiger partial charge in [-0.15, -0.1) is 0 Å². The van der Waals surface area contributed by atoms with E-state index in [4.69, 9.17) is 21.1 Å². The number of fused-ring (bicyclic) bond motifs is 1. The van der Waals surface area contributed by atoms with Crippen LogP contribution in [-0.4, -0.2) is 35.5 Å². The van der Waals surface area contributed by atoms with Crippen LogP contribution in [0.2, 0.25) is 5.02 Å². The molecule has 5 aromatic rings. The Bertz CT molecular complexity index is 1950. The second-order valence-electron chi connectivity index (χ2n) is 9.27. The van der Waals surface area contributed by atoms with Crippen molar-refractivity contribution in [3.8, 4) is 22.9 Å². The molecule has 0 radical (unpaired) electrons. The Labute approximate surface area is 261 Å². The van der Waals surface area contributed by atoms with Gasteiger partial charge >= 0.3 is 6.18 Å². The van der Waals surface area contributed by atoms with Gasteiger partial charge in [-0.05, 0) is 82.2 Å². The minimum atomic E-state index is -4.59. The fourth-order valence-electron chi connectivity index (χ4n) is 4.20. The summed E-state index contributed by atoms with van der Waals surface area (Å²) in [6, 6.07) is 20.8. The Balaban J connectivity index is 1.46. The number of nitrogens with zero attached hydrogens (tertiary/aromatic N) is 3. The van der Waals surface area contributed by atoms with Crippen molar-refractivity contribution in [3.63, 3.8) is 0 Å². The number of amides is 1. The van der Waals surface area contributed by atoms with Crippen molar-refractivity contribution in [2.45, 2.75) is 6.18 Å². The highest BCUT2D eigenvalue weighted by atomic mass is 79.9. The Morgan fingerprint density at radius 1 is 1.07 bits per heavy atom. The molecule has 0 spiro atoms. The van der Waals surface area contributed by atoms with Gasteiger partial charge in [0.25, 0.3) is 11.5 Å². The van der Waals surface area contributed by atoms with E-state index in [0.717, 1.165) is 16.8 Å². The summed E-state index contributed by atoms with van der Waals surface area (Å²) >= 11 is 9.29. The number of carbonyl (C=O) groups is 1. The number of para-hydroxylation sites is 1. The molecule has 1 amide bonds. The molecule has 0 fully saturated rings. The van der Waals surface area contributed by atoms with Gasteiger partial charge in [-0.2, -0.15) is 22.9 Å². The number of halogens is 5. The summed E-state index contributed by atoms with van der Waals surface area (Å²) in [4.78, 5) is 30.3. The van der Waals surface area contributed by atoms with Crippen molar-refractivity contribution >= 4 is 56.2 Å². The highest BCUT2D eigenvalue weighted by Gasteiger charge is 2.31. The Kier molecular flexibility index (Phi) is 9.02. The average Bonchev–Trinajstić information content (AvgIpc) is 3.00. The fourth-order valence-corrected chi connectivity index (χ4v) is 4.90. The van der Waals surface area contributed by atoms with Gasteiger partial charge in [0.15, 0.2) is 23.9 Å². The third kappa shape index (κ3) is 6.92. The maximum atomic E-state index is 13.5. The predicted molar refractivity (Wildman–Crippen MR) is 166 cm³/mol. The number of nitrogens with one attached hydrogen (secondary N) is 1. The van der Waals surface area contributed by atoms with Crippen molar-refractivity contribution in [2.24, 2.45) is 5.10 Å². The lowest BCUT2D eigenvalue weighted by molar-refractivity contribution is -0.137. The van der Waals surface area contributed by atoms with E-state index in [1.165, 1.54) is 25.5 Å². The zero-order valence-corrected chi connectivity index (χ0v) is 25.1. The quantitative estimate of drug-likeness (QED) is 0.172. The molecule has 0 aliphatic rings. The molecule has 0 unspecified atom stereocenters.